The van der Waals surface area contributed by atoms with Gasteiger partial charge in [0.25, 0.3) is 0 Å². The van der Waals surface area contributed by atoms with Crippen molar-refractivity contribution in [1.82, 2.24) is 4.98 Å². The standard InChI is InChI=1S/C7H5F3IN3O3/c8-7(9,10)17-4-1-3(2-12)5(11)13-6(4)14(15)16/h1H,2,12H2. The Morgan fingerprint density at radius 2 is 2.18 bits per heavy atom. The summed E-state index contributed by atoms with van der Waals surface area (Å²) >= 11 is 1.64. The molecule has 94 valence electrons. The Labute approximate surface area is 106 Å². The minimum absolute atomic E-state index is 0.0997. The number of hydrogen-bond donors (Lipinski definition) is 1. The average Bonchev–Trinajstić information content (AvgIpc) is 2.17. The molecule has 10 heteroatoms. The van der Waals surface area contributed by atoms with E-state index >= 15 is 0 Å². The van der Waals surface area contributed by atoms with E-state index in [4.69, 9.17) is 5.73 Å². The maximum absolute atomic E-state index is 12.0. The van der Waals surface area contributed by atoms with Gasteiger partial charge in [0.15, 0.2) is 0 Å². The number of ether oxygens (including phenoxy) is 1. The van der Waals surface area contributed by atoms with E-state index in [9.17, 15) is 23.3 Å². The van der Waals surface area contributed by atoms with Crippen molar-refractivity contribution in [2.45, 2.75) is 12.9 Å². The Hall–Kier alpha value is -1.17. The number of hydrogen-bond acceptors (Lipinski definition) is 5. The van der Waals surface area contributed by atoms with Crippen molar-refractivity contribution in [3.05, 3.63) is 25.4 Å². The van der Waals surface area contributed by atoms with E-state index in [0.717, 1.165) is 6.07 Å². The minimum atomic E-state index is -5.02. The van der Waals surface area contributed by atoms with Gasteiger partial charge in [0.05, 0.1) is 0 Å². The molecule has 0 aromatic carbocycles. The second kappa shape index (κ2) is 5.00. The van der Waals surface area contributed by atoms with Crippen LogP contribution in [0.5, 0.6) is 5.75 Å². The van der Waals surface area contributed by atoms with E-state index in [2.05, 4.69) is 9.72 Å². The fraction of sp³-hybridized carbons (Fsp3) is 0.286. The number of aromatic nitrogens is 1. The van der Waals surface area contributed by atoms with Crippen LogP contribution in [0.15, 0.2) is 6.07 Å². The van der Waals surface area contributed by atoms with Crippen LogP contribution in [-0.4, -0.2) is 16.3 Å². The lowest BCUT2D eigenvalue weighted by atomic mass is 10.2. The van der Waals surface area contributed by atoms with Crippen molar-refractivity contribution < 1.29 is 22.8 Å². The van der Waals surface area contributed by atoms with Crippen LogP contribution in [0.2, 0.25) is 0 Å². The predicted octanol–water partition coefficient (Wildman–Crippen LogP) is 1.95. The first-order valence-electron chi connectivity index (χ1n) is 4.04. The summed E-state index contributed by atoms with van der Waals surface area (Å²) in [6.07, 6.45) is -5.02. The van der Waals surface area contributed by atoms with Gasteiger partial charge >= 0.3 is 12.2 Å². The van der Waals surface area contributed by atoms with Gasteiger partial charge in [-0.25, -0.2) is 0 Å². The van der Waals surface area contributed by atoms with Crippen LogP contribution in [0, 0.1) is 13.8 Å². The van der Waals surface area contributed by atoms with Crippen molar-refractivity contribution in [1.29, 1.82) is 0 Å². The van der Waals surface area contributed by atoms with E-state index in [1.54, 1.807) is 22.6 Å². The first-order chi connectivity index (χ1) is 7.74. The molecule has 17 heavy (non-hydrogen) atoms. The van der Waals surface area contributed by atoms with Crippen LogP contribution in [0.25, 0.3) is 0 Å². The highest BCUT2D eigenvalue weighted by Gasteiger charge is 2.35. The van der Waals surface area contributed by atoms with Crippen LogP contribution < -0.4 is 10.5 Å². The summed E-state index contributed by atoms with van der Waals surface area (Å²) < 4.78 is 39.7. The highest BCUT2D eigenvalue weighted by molar-refractivity contribution is 14.1. The Balaban J connectivity index is 3.29. The van der Waals surface area contributed by atoms with E-state index < -0.39 is 22.9 Å². The molecule has 0 saturated heterocycles. The molecular weight excluding hydrogens is 358 g/mol. The molecule has 1 rings (SSSR count). The number of rotatable bonds is 3. The van der Waals surface area contributed by atoms with Crippen molar-refractivity contribution in [3.8, 4) is 5.75 Å². The summed E-state index contributed by atoms with van der Waals surface area (Å²) in [6.45, 7) is -0.0997. The lowest BCUT2D eigenvalue weighted by molar-refractivity contribution is -0.393. The summed E-state index contributed by atoms with van der Waals surface area (Å²) in [6, 6.07) is 0.862. The highest BCUT2D eigenvalue weighted by atomic mass is 127. The molecule has 0 aliphatic rings. The molecule has 0 aliphatic carbocycles. The molecule has 0 atom stereocenters. The van der Waals surface area contributed by atoms with Crippen LogP contribution in [0.3, 0.4) is 0 Å². The summed E-state index contributed by atoms with van der Waals surface area (Å²) in [5.41, 5.74) is 5.49. The number of halogens is 4. The van der Waals surface area contributed by atoms with Gasteiger partial charge in [-0.15, -0.1) is 13.2 Å². The number of nitrogens with two attached hydrogens (primary N) is 1. The van der Waals surface area contributed by atoms with Gasteiger partial charge in [0.1, 0.15) is 0 Å². The SMILES string of the molecule is NCc1cc(OC(F)(F)F)c([N+](=O)[O-])nc1I. The van der Waals surface area contributed by atoms with Crippen LogP contribution >= 0.6 is 22.6 Å². The minimum Gasteiger partial charge on any atom is -0.397 e. The maximum atomic E-state index is 12.0. The van der Waals surface area contributed by atoms with Gasteiger partial charge in [0, 0.05) is 34.7 Å². The summed E-state index contributed by atoms with van der Waals surface area (Å²) in [5.74, 6) is -1.97. The average molecular weight is 363 g/mol. The fourth-order valence-electron chi connectivity index (χ4n) is 0.976. The molecule has 0 saturated carbocycles. The molecule has 6 nitrogen and oxygen atoms in total. The fourth-order valence-corrected chi connectivity index (χ4v) is 1.58. The molecule has 0 radical (unpaired) electrons. The first-order valence-corrected chi connectivity index (χ1v) is 5.12. The van der Waals surface area contributed by atoms with Gasteiger partial charge in [0.2, 0.25) is 9.45 Å². The third kappa shape index (κ3) is 3.66. The monoisotopic (exact) mass is 363 g/mol. The molecule has 2 N–H and O–H groups in total. The lowest BCUT2D eigenvalue weighted by Gasteiger charge is -2.09. The molecule has 0 bridgehead atoms. The van der Waals surface area contributed by atoms with Crippen molar-refractivity contribution in [2.75, 3.05) is 0 Å². The largest absolute Gasteiger partial charge is 0.573 e. The molecule has 0 spiro atoms. The Bertz CT molecular complexity index is 452. The van der Waals surface area contributed by atoms with Crippen molar-refractivity contribution in [3.63, 3.8) is 0 Å². The van der Waals surface area contributed by atoms with E-state index in [0.29, 0.717) is 0 Å². The number of nitrogens with zero attached hydrogens (tertiary/aromatic N) is 2. The molecule has 0 unspecified atom stereocenters. The number of pyridine rings is 1. The second-order valence-corrected chi connectivity index (χ2v) is 3.79. The molecule has 0 aliphatic heterocycles. The predicted molar refractivity (Wildman–Crippen MR) is 58.2 cm³/mol. The van der Waals surface area contributed by atoms with Gasteiger partial charge in [-0.1, -0.05) is 0 Å². The quantitative estimate of drug-likeness (QED) is 0.384. The molecule has 0 fully saturated rings. The van der Waals surface area contributed by atoms with Crippen LogP contribution in [-0.2, 0) is 6.54 Å². The zero-order chi connectivity index (χ0) is 13.2. The summed E-state index contributed by atoms with van der Waals surface area (Å²) in [7, 11) is 0. The zero-order valence-corrected chi connectivity index (χ0v) is 10.2. The molecule has 0 amide bonds. The van der Waals surface area contributed by atoms with Gasteiger partial charge in [-0.2, -0.15) is 0 Å². The topological polar surface area (TPSA) is 91.3 Å². The molecule has 1 aromatic heterocycles. The van der Waals surface area contributed by atoms with Crippen LogP contribution in [0.1, 0.15) is 5.56 Å². The van der Waals surface area contributed by atoms with Crippen molar-refractivity contribution >= 4 is 28.4 Å². The summed E-state index contributed by atoms with van der Waals surface area (Å²) in [5, 5.41) is 10.5. The lowest BCUT2D eigenvalue weighted by Crippen LogP contribution is -2.19. The van der Waals surface area contributed by atoms with E-state index in [-0.39, 0.29) is 15.8 Å². The third-order valence-electron chi connectivity index (χ3n) is 1.61. The smallest absolute Gasteiger partial charge is 0.397 e. The summed E-state index contributed by atoms with van der Waals surface area (Å²) in [4.78, 5) is 12.9. The number of nitro groups is 1. The maximum Gasteiger partial charge on any atom is 0.573 e. The second-order valence-electron chi connectivity index (χ2n) is 2.77. The van der Waals surface area contributed by atoms with E-state index in [1.807, 2.05) is 0 Å². The third-order valence-corrected chi connectivity index (χ3v) is 2.55. The normalized spacial score (nSPS) is 11.4. The molecule has 1 aromatic rings. The molecular formula is C7H5F3IN3O3. The zero-order valence-electron chi connectivity index (χ0n) is 7.99. The Morgan fingerprint density at radius 3 is 2.59 bits per heavy atom. The first kappa shape index (κ1) is 13.9. The Kier molecular flexibility index (Phi) is 4.08. The van der Waals surface area contributed by atoms with Gasteiger partial charge in [-0.05, 0) is 16.0 Å². The van der Waals surface area contributed by atoms with Crippen LogP contribution in [0.4, 0.5) is 19.0 Å². The van der Waals surface area contributed by atoms with Crippen molar-refractivity contribution in [2.24, 2.45) is 5.73 Å². The number of alkyl halides is 3. The van der Waals surface area contributed by atoms with Gasteiger partial charge in [-0.3, -0.25) is 0 Å². The molecule has 1 heterocycles. The highest BCUT2D eigenvalue weighted by Crippen LogP contribution is 2.32. The van der Waals surface area contributed by atoms with Gasteiger partial charge < -0.3 is 20.6 Å². The van der Waals surface area contributed by atoms with E-state index in [1.165, 1.54) is 0 Å². The Morgan fingerprint density at radius 1 is 1.59 bits per heavy atom.